The van der Waals surface area contributed by atoms with Crippen LogP contribution in [0.15, 0.2) is 12.2 Å². The molecular formula is C18H36O2Ra. The number of aliphatic hydroxyl groups excluding tert-OH is 1. The second kappa shape index (κ2) is 16.0. The Morgan fingerprint density at radius 2 is 1.76 bits per heavy atom. The zero-order valence-corrected chi connectivity index (χ0v) is 20.7. The smallest absolute Gasteiger partial charge is 0.176 e. The number of aliphatic hydroxyl groups is 1. The summed E-state index contributed by atoms with van der Waals surface area (Å²) < 4.78 is 5.60. The molecule has 21 heavy (non-hydrogen) atoms. The number of hydrogen-bond donors (Lipinski definition) is 1. The standard InChI is InChI=1S/C16H30O2.C2H6.Ra/c1-4-6-9-14-10-7-8-11-15(14)12-18-16(17)13(3)5-2;1-2;/h14-17H,3-12H2,1-2H3;1-2H3;. The van der Waals surface area contributed by atoms with Crippen LogP contribution in [0.5, 0.6) is 0 Å². The summed E-state index contributed by atoms with van der Waals surface area (Å²) in [5, 5.41) is 9.79. The average Bonchev–Trinajstić information content (AvgIpc) is 2.52. The van der Waals surface area contributed by atoms with E-state index in [0.29, 0.717) is 12.5 Å². The Morgan fingerprint density at radius 1 is 1.19 bits per heavy atom. The van der Waals surface area contributed by atoms with E-state index < -0.39 is 6.29 Å². The molecule has 0 aromatic carbocycles. The molecule has 1 saturated carbocycles. The van der Waals surface area contributed by atoms with E-state index in [-0.39, 0.29) is 45.0 Å². The van der Waals surface area contributed by atoms with Gasteiger partial charge in [-0.25, -0.2) is 0 Å². The molecule has 1 N–H and O–H groups in total. The fourth-order valence-corrected chi connectivity index (χ4v) is 2.86. The van der Waals surface area contributed by atoms with Gasteiger partial charge in [0.15, 0.2) is 6.29 Å². The average molecular weight is 510 g/mol. The van der Waals surface area contributed by atoms with Crippen LogP contribution in [0.4, 0.5) is 0 Å². The summed E-state index contributed by atoms with van der Waals surface area (Å²) in [7, 11) is 0. The van der Waals surface area contributed by atoms with E-state index in [9.17, 15) is 5.11 Å². The maximum Gasteiger partial charge on any atom is 0.176 e. The largest absolute Gasteiger partial charge is 0.364 e. The minimum Gasteiger partial charge on any atom is -0.364 e. The van der Waals surface area contributed by atoms with Crippen molar-refractivity contribution in [1.82, 2.24) is 0 Å². The van der Waals surface area contributed by atoms with Gasteiger partial charge in [-0.1, -0.05) is 72.8 Å². The predicted molar refractivity (Wildman–Crippen MR) is 87.7 cm³/mol. The van der Waals surface area contributed by atoms with Gasteiger partial charge in [-0.2, -0.15) is 0 Å². The molecule has 1 aliphatic carbocycles. The second-order valence-electron chi connectivity index (χ2n) is 5.64. The predicted octanol–water partition coefficient (Wildman–Crippen LogP) is 5.31. The molecule has 0 aromatic rings. The minimum atomic E-state index is -0.760. The summed E-state index contributed by atoms with van der Waals surface area (Å²) in [6.07, 6.45) is 9.25. The molecule has 2 radical (unpaired) electrons. The summed E-state index contributed by atoms with van der Waals surface area (Å²) in [5.74, 6) is 1.45. The van der Waals surface area contributed by atoms with Gasteiger partial charge in [0.1, 0.15) is 0 Å². The molecule has 0 amide bonds. The molecule has 1 fully saturated rings. The van der Waals surface area contributed by atoms with Crippen LogP contribution in [0, 0.1) is 56.8 Å². The summed E-state index contributed by atoms with van der Waals surface area (Å²) >= 11 is 0. The van der Waals surface area contributed by atoms with Crippen molar-refractivity contribution < 1.29 is 54.8 Å². The maximum absolute atomic E-state index is 9.79. The van der Waals surface area contributed by atoms with Crippen molar-refractivity contribution in [3.05, 3.63) is 12.2 Å². The molecule has 3 unspecified atom stereocenters. The van der Waals surface area contributed by atoms with Crippen molar-refractivity contribution in [3.8, 4) is 0 Å². The van der Waals surface area contributed by atoms with Gasteiger partial charge >= 0.3 is 0 Å². The SMILES string of the molecule is C=C(CC)C(O)OCC1CCCCC1CCCC.CC.[Ra]. The maximum atomic E-state index is 9.79. The Morgan fingerprint density at radius 3 is 2.29 bits per heavy atom. The van der Waals surface area contributed by atoms with E-state index in [2.05, 4.69) is 13.5 Å². The van der Waals surface area contributed by atoms with Crippen LogP contribution in [0.25, 0.3) is 0 Å². The Kier molecular flexibility index (Phi) is 18.6. The molecule has 122 valence electrons. The fraction of sp³-hybridized carbons (Fsp3) is 0.889. The zero-order chi connectivity index (χ0) is 15.4. The van der Waals surface area contributed by atoms with Crippen molar-refractivity contribution in [2.24, 2.45) is 11.8 Å². The Labute approximate surface area is 169 Å². The van der Waals surface area contributed by atoms with E-state index in [1.165, 1.54) is 44.9 Å². The third-order valence-corrected chi connectivity index (χ3v) is 4.27. The van der Waals surface area contributed by atoms with Gasteiger partial charge in [-0.3, -0.25) is 0 Å². The normalized spacial score (nSPS) is 22.5. The van der Waals surface area contributed by atoms with Crippen molar-refractivity contribution >= 4 is 0 Å². The van der Waals surface area contributed by atoms with Gasteiger partial charge < -0.3 is 9.84 Å². The quantitative estimate of drug-likeness (QED) is 0.354. The van der Waals surface area contributed by atoms with Crippen LogP contribution in [0.2, 0.25) is 0 Å². The molecule has 1 rings (SSSR count). The van der Waals surface area contributed by atoms with Crippen LogP contribution in [0.1, 0.15) is 79.1 Å². The van der Waals surface area contributed by atoms with Crippen molar-refractivity contribution in [1.29, 1.82) is 0 Å². The molecule has 0 bridgehead atoms. The monoisotopic (exact) mass is 510 g/mol. The molecular weight excluding hydrogens is 474 g/mol. The van der Waals surface area contributed by atoms with Gasteiger partial charge in [0.2, 0.25) is 0 Å². The van der Waals surface area contributed by atoms with Crippen LogP contribution in [0.3, 0.4) is 0 Å². The number of unbranched alkanes of at least 4 members (excludes halogenated alkanes) is 1. The van der Waals surface area contributed by atoms with Gasteiger partial charge in [0.25, 0.3) is 0 Å². The van der Waals surface area contributed by atoms with Crippen LogP contribution in [-0.4, -0.2) is 18.0 Å². The third-order valence-electron chi connectivity index (χ3n) is 4.27. The van der Waals surface area contributed by atoms with E-state index in [4.69, 9.17) is 4.74 Å². The zero-order valence-electron chi connectivity index (χ0n) is 14.9. The number of rotatable bonds is 8. The van der Waals surface area contributed by atoms with Gasteiger partial charge in [0, 0.05) is 45.0 Å². The molecule has 0 aromatic heterocycles. The first-order valence-corrected chi connectivity index (χ1v) is 8.66. The van der Waals surface area contributed by atoms with Crippen LogP contribution in [-0.2, 0) is 4.74 Å². The summed E-state index contributed by atoms with van der Waals surface area (Å²) in [5.41, 5.74) is 0.788. The van der Waals surface area contributed by atoms with Crippen molar-refractivity contribution in [2.45, 2.75) is 85.4 Å². The second-order valence-corrected chi connectivity index (χ2v) is 5.64. The van der Waals surface area contributed by atoms with E-state index >= 15 is 0 Å². The van der Waals surface area contributed by atoms with Crippen molar-refractivity contribution in [2.75, 3.05) is 6.61 Å². The fourth-order valence-electron chi connectivity index (χ4n) is 2.86. The summed E-state index contributed by atoms with van der Waals surface area (Å²) in [6.45, 7) is 12.8. The van der Waals surface area contributed by atoms with Crippen LogP contribution >= 0.6 is 0 Å². The van der Waals surface area contributed by atoms with Crippen molar-refractivity contribution in [3.63, 3.8) is 0 Å². The van der Waals surface area contributed by atoms with Gasteiger partial charge in [0.05, 0.1) is 6.61 Å². The molecule has 3 atom stereocenters. The first-order valence-electron chi connectivity index (χ1n) is 8.66. The number of ether oxygens (including phenoxy) is 1. The van der Waals surface area contributed by atoms with Crippen LogP contribution < -0.4 is 0 Å². The molecule has 1 aliphatic rings. The first kappa shape index (κ1) is 24.4. The molecule has 0 saturated heterocycles. The van der Waals surface area contributed by atoms with E-state index in [0.717, 1.165) is 17.9 Å². The Bertz CT molecular complexity index is 243. The van der Waals surface area contributed by atoms with E-state index in [1.807, 2.05) is 20.8 Å². The molecule has 2 nitrogen and oxygen atoms in total. The molecule has 0 spiro atoms. The summed E-state index contributed by atoms with van der Waals surface area (Å²) in [4.78, 5) is 0. The minimum absolute atomic E-state index is 0. The van der Waals surface area contributed by atoms with Gasteiger partial charge in [-0.05, 0) is 30.3 Å². The number of hydrogen-bond acceptors (Lipinski definition) is 2. The first-order chi connectivity index (χ1) is 9.69. The Balaban J connectivity index is 0. The molecule has 0 heterocycles. The Hall–Kier alpha value is 1.13. The molecule has 0 aliphatic heterocycles. The third kappa shape index (κ3) is 10.5. The van der Waals surface area contributed by atoms with Gasteiger partial charge in [-0.15, -0.1) is 0 Å². The summed E-state index contributed by atoms with van der Waals surface area (Å²) in [6, 6.07) is 0. The molecule has 3 heteroatoms. The van der Waals surface area contributed by atoms with E-state index in [1.54, 1.807) is 0 Å². The topological polar surface area (TPSA) is 29.5 Å².